The van der Waals surface area contributed by atoms with Crippen LogP contribution in [0.1, 0.15) is 130 Å². The second-order valence-corrected chi connectivity index (χ2v) is 18.7. The molecule has 4 N–H and O–H groups in total. The van der Waals surface area contributed by atoms with E-state index >= 15 is 0 Å². The van der Waals surface area contributed by atoms with Crippen molar-refractivity contribution in [2.24, 2.45) is 51.2 Å². The Kier molecular flexibility index (Phi) is 8.94. The average molecular weight is 686 g/mol. The van der Waals surface area contributed by atoms with Crippen molar-refractivity contribution in [1.82, 2.24) is 15.5 Å². The van der Waals surface area contributed by atoms with Crippen LogP contribution in [0.25, 0.3) is 5.57 Å². The maximum atomic E-state index is 13.6. The molecule has 6 aliphatic rings. The fourth-order valence-electron chi connectivity index (χ4n) is 13.8. The van der Waals surface area contributed by atoms with Gasteiger partial charge in [0.2, 0.25) is 5.91 Å². The molecular formula is C43H63N3O4. The number of benzene rings is 1. The molecule has 1 aromatic rings. The van der Waals surface area contributed by atoms with E-state index in [1.165, 1.54) is 42.4 Å². The van der Waals surface area contributed by atoms with Gasteiger partial charge in [0.1, 0.15) is 0 Å². The Bertz CT molecular complexity index is 1550. The summed E-state index contributed by atoms with van der Waals surface area (Å²) < 4.78 is 0. The predicted molar refractivity (Wildman–Crippen MR) is 199 cm³/mol. The lowest BCUT2D eigenvalue weighted by Gasteiger charge is -2.72. The number of nitrogens with one attached hydrogen (secondary N) is 2. The SMILES string of the molecule is C=C(C)[C@@H]1CC[C@]2(NC(=O)NCCN3CCCC3=O)CC[C@]3(C)[C@H](CC[C@@H]4[C@@]5(C)CC=C(c6ccc(C(O)O)cc6)C(C)(C)[C@@H]5CC[C@]43C)[C@@H]12. The number of aliphatic hydroxyl groups excluding tert-OH is 1. The molecule has 50 heavy (non-hydrogen) atoms. The highest BCUT2D eigenvalue weighted by Crippen LogP contribution is 2.76. The van der Waals surface area contributed by atoms with Gasteiger partial charge in [0.25, 0.3) is 0 Å². The molecule has 1 aliphatic heterocycles. The fraction of sp³-hybridized carbons (Fsp3) is 0.721. The van der Waals surface area contributed by atoms with E-state index in [9.17, 15) is 19.8 Å². The Morgan fingerprint density at radius 2 is 1.70 bits per heavy atom. The summed E-state index contributed by atoms with van der Waals surface area (Å²) in [5.74, 6) is 2.74. The van der Waals surface area contributed by atoms with Crippen molar-refractivity contribution in [2.75, 3.05) is 19.6 Å². The third-order valence-electron chi connectivity index (χ3n) is 16.4. The monoisotopic (exact) mass is 685 g/mol. The molecule has 1 heterocycles. The molecule has 274 valence electrons. The molecule has 9 atom stereocenters. The maximum absolute atomic E-state index is 13.6. The predicted octanol–water partition coefficient (Wildman–Crippen LogP) is 7.99. The standard InChI is InChI=1S/C43H63N3O4/c1-27(2)30-16-21-43(45-38(50)44-24-26-46-25-8-9-35(46)47)23-22-41(6)32(36(30)43)14-15-34-40(5)19-17-31(28-10-12-29(13-11-28)37(48)49)39(3,4)33(40)18-20-42(34,41)7/h10-13,17,30,32-34,36-37,48-49H,1,8-9,14-16,18-26H2,2-7H3,(H2,44,45,50)/t30-,32+,33-,34+,36+,40-,41+,42+,43-/m0/s1. The molecule has 5 fully saturated rings. The molecule has 0 radical (unpaired) electrons. The summed E-state index contributed by atoms with van der Waals surface area (Å²) >= 11 is 0. The number of nitrogens with zero attached hydrogens (tertiary/aromatic N) is 1. The molecule has 4 saturated carbocycles. The zero-order chi connectivity index (χ0) is 35.9. The molecule has 7 nitrogen and oxygen atoms in total. The molecule has 7 rings (SSSR count). The van der Waals surface area contributed by atoms with E-state index in [-0.39, 0.29) is 39.1 Å². The molecule has 0 spiro atoms. The minimum atomic E-state index is -1.45. The molecule has 0 bridgehead atoms. The number of aliphatic hydroxyl groups is 2. The number of likely N-dealkylation sites (tertiary alicyclic amines) is 1. The minimum Gasteiger partial charge on any atom is -0.364 e. The van der Waals surface area contributed by atoms with Gasteiger partial charge >= 0.3 is 6.03 Å². The van der Waals surface area contributed by atoms with Crippen molar-refractivity contribution in [2.45, 2.75) is 124 Å². The van der Waals surface area contributed by atoms with Crippen LogP contribution in [-0.4, -0.2) is 52.2 Å². The van der Waals surface area contributed by atoms with E-state index < -0.39 is 6.29 Å². The highest BCUT2D eigenvalue weighted by atomic mass is 16.5. The van der Waals surface area contributed by atoms with E-state index in [0.717, 1.165) is 45.1 Å². The summed E-state index contributed by atoms with van der Waals surface area (Å²) in [5.41, 5.74) is 4.78. The van der Waals surface area contributed by atoms with Gasteiger partial charge in [-0.15, -0.1) is 0 Å². The summed E-state index contributed by atoms with van der Waals surface area (Å²) in [5, 5.41) is 26.1. The van der Waals surface area contributed by atoms with Gasteiger partial charge in [-0.2, -0.15) is 0 Å². The molecule has 0 unspecified atom stereocenters. The molecule has 0 aromatic heterocycles. The molecule has 1 saturated heterocycles. The number of carbonyl (C=O) groups is 2. The number of hydrogen-bond donors (Lipinski definition) is 4. The van der Waals surface area contributed by atoms with Crippen LogP contribution in [0.3, 0.4) is 0 Å². The minimum absolute atomic E-state index is 0.00297. The van der Waals surface area contributed by atoms with Crippen molar-refractivity contribution in [1.29, 1.82) is 0 Å². The summed E-state index contributed by atoms with van der Waals surface area (Å²) in [6.07, 6.45) is 12.9. The van der Waals surface area contributed by atoms with Gasteiger partial charge in [0.15, 0.2) is 6.29 Å². The van der Waals surface area contributed by atoms with Gasteiger partial charge in [0, 0.05) is 37.2 Å². The molecule has 7 heteroatoms. The van der Waals surface area contributed by atoms with Crippen LogP contribution >= 0.6 is 0 Å². The Labute approximate surface area is 300 Å². The second-order valence-electron chi connectivity index (χ2n) is 18.7. The van der Waals surface area contributed by atoms with Crippen LogP contribution in [0, 0.1) is 51.2 Å². The van der Waals surface area contributed by atoms with Crippen LogP contribution < -0.4 is 10.6 Å². The maximum Gasteiger partial charge on any atom is 0.315 e. The first kappa shape index (κ1) is 35.7. The van der Waals surface area contributed by atoms with Crippen LogP contribution in [-0.2, 0) is 4.79 Å². The van der Waals surface area contributed by atoms with Crippen LogP contribution in [0.5, 0.6) is 0 Å². The lowest BCUT2D eigenvalue weighted by atomic mass is 9.33. The highest BCUT2D eigenvalue weighted by Gasteiger charge is 2.70. The molecule has 1 aromatic carbocycles. The average Bonchev–Trinajstić information content (AvgIpc) is 3.64. The first-order valence-corrected chi connectivity index (χ1v) is 19.7. The quantitative estimate of drug-likeness (QED) is 0.173. The topological polar surface area (TPSA) is 102 Å². The Balaban J connectivity index is 1.14. The van der Waals surface area contributed by atoms with Crippen molar-refractivity contribution >= 4 is 17.5 Å². The third kappa shape index (κ3) is 5.33. The lowest BCUT2D eigenvalue weighted by molar-refractivity contribution is -0.218. The van der Waals surface area contributed by atoms with Crippen LogP contribution in [0.15, 0.2) is 42.5 Å². The van der Waals surface area contributed by atoms with E-state index in [0.29, 0.717) is 54.7 Å². The Morgan fingerprint density at radius 3 is 2.36 bits per heavy atom. The number of fused-ring (bicyclic) bond motifs is 7. The molecule has 5 aliphatic carbocycles. The van der Waals surface area contributed by atoms with Crippen molar-refractivity contribution in [3.63, 3.8) is 0 Å². The van der Waals surface area contributed by atoms with E-state index in [1.54, 1.807) is 0 Å². The first-order valence-electron chi connectivity index (χ1n) is 19.7. The van der Waals surface area contributed by atoms with E-state index in [2.05, 4.69) is 77.0 Å². The first-order chi connectivity index (χ1) is 23.6. The van der Waals surface area contributed by atoms with Gasteiger partial charge in [-0.3, -0.25) is 4.79 Å². The fourth-order valence-corrected chi connectivity index (χ4v) is 13.8. The van der Waals surface area contributed by atoms with Gasteiger partial charge in [0.05, 0.1) is 0 Å². The summed E-state index contributed by atoms with van der Waals surface area (Å²) in [7, 11) is 0. The van der Waals surface area contributed by atoms with E-state index in [4.69, 9.17) is 0 Å². The summed E-state index contributed by atoms with van der Waals surface area (Å²) in [6.45, 7) is 21.5. The largest absolute Gasteiger partial charge is 0.364 e. The van der Waals surface area contributed by atoms with Gasteiger partial charge in [-0.05, 0) is 134 Å². The third-order valence-corrected chi connectivity index (χ3v) is 16.4. The Hall–Kier alpha value is -2.64. The van der Waals surface area contributed by atoms with Crippen molar-refractivity contribution < 1.29 is 19.8 Å². The number of allylic oxidation sites excluding steroid dienone is 3. The lowest BCUT2D eigenvalue weighted by Crippen LogP contribution is -2.68. The van der Waals surface area contributed by atoms with Crippen molar-refractivity contribution in [3.8, 4) is 0 Å². The number of carbonyl (C=O) groups excluding carboxylic acids is 2. The molecule has 3 amide bonds. The van der Waals surface area contributed by atoms with Gasteiger partial charge in [-0.25, -0.2) is 4.79 Å². The van der Waals surface area contributed by atoms with E-state index in [1.807, 2.05) is 17.0 Å². The van der Waals surface area contributed by atoms with Gasteiger partial charge < -0.3 is 25.7 Å². The van der Waals surface area contributed by atoms with Crippen LogP contribution in [0.2, 0.25) is 0 Å². The number of amides is 3. The Morgan fingerprint density at radius 1 is 0.960 bits per heavy atom. The van der Waals surface area contributed by atoms with Gasteiger partial charge in [-0.1, -0.05) is 77.1 Å². The highest BCUT2D eigenvalue weighted by molar-refractivity contribution is 5.78. The summed E-state index contributed by atoms with van der Waals surface area (Å²) in [4.78, 5) is 27.6. The smallest absolute Gasteiger partial charge is 0.315 e. The number of rotatable bonds is 7. The normalized spacial score (nSPS) is 40.3. The van der Waals surface area contributed by atoms with Crippen molar-refractivity contribution in [3.05, 3.63) is 53.6 Å². The number of urea groups is 1. The zero-order valence-corrected chi connectivity index (χ0v) is 31.6. The summed E-state index contributed by atoms with van der Waals surface area (Å²) in [6, 6.07) is 7.77. The second kappa shape index (κ2) is 12.5. The zero-order valence-electron chi connectivity index (χ0n) is 31.6. The van der Waals surface area contributed by atoms with Crippen LogP contribution in [0.4, 0.5) is 4.79 Å². The number of hydrogen-bond acceptors (Lipinski definition) is 4. The molecular weight excluding hydrogens is 622 g/mol.